The van der Waals surface area contributed by atoms with E-state index < -0.39 is 33.8 Å². The third kappa shape index (κ3) is 4.37. The van der Waals surface area contributed by atoms with Crippen molar-refractivity contribution in [3.05, 3.63) is 64.1 Å². The van der Waals surface area contributed by atoms with Crippen molar-refractivity contribution in [3.8, 4) is 0 Å². The largest absolute Gasteiger partial charge is 0.289 e. The molecule has 3 amide bonds. The first kappa shape index (κ1) is 21.1. The second-order valence-electron chi connectivity index (χ2n) is 6.20. The molecule has 9 nitrogen and oxygen atoms in total. The Morgan fingerprint density at radius 3 is 2.10 bits per heavy atom. The fraction of sp³-hybridized carbons (Fsp3) is 0.167. The van der Waals surface area contributed by atoms with Gasteiger partial charge in [0.15, 0.2) is 0 Å². The summed E-state index contributed by atoms with van der Waals surface area (Å²) in [6.07, 6.45) is -0.229. The molecule has 0 aliphatic carbocycles. The van der Waals surface area contributed by atoms with Crippen LogP contribution >= 0.6 is 15.9 Å². The molecule has 0 aromatic heterocycles. The molecule has 152 valence electrons. The Labute approximate surface area is 174 Å². The van der Waals surface area contributed by atoms with E-state index in [9.17, 15) is 22.8 Å². The van der Waals surface area contributed by atoms with Crippen LogP contribution < -0.4 is 10.2 Å². The van der Waals surface area contributed by atoms with Crippen LogP contribution in [0.1, 0.15) is 27.1 Å². The number of sulfonamides is 1. The number of hydrogen-bond acceptors (Lipinski definition) is 6. The number of nitrogens with one attached hydrogen (secondary N) is 2. The highest BCUT2D eigenvalue weighted by molar-refractivity contribution is 9.10. The molecular formula is C18H16BrN3O6S. The van der Waals surface area contributed by atoms with Gasteiger partial charge in [-0.3, -0.25) is 24.5 Å². The number of fused-ring (bicyclic) bond motifs is 1. The lowest BCUT2D eigenvalue weighted by atomic mass is 10.1. The number of benzene rings is 2. The Kier molecular flexibility index (Phi) is 6.13. The van der Waals surface area contributed by atoms with Crippen LogP contribution in [0.4, 0.5) is 0 Å². The first-order chi connectivity index (χ1) is 13.7. The van der Waals surface area contributed by atoms with E-state index in [0.717, 1.165) is 4.90 Å². The fourth-order valence-corrected chi connectivity index (χ4v) is 4.39. The van der Waals surface area contributed by atoms with Crippen LogP contribution in [0.25, 0.3) is 0 Å². The van der Waals surface area contributed by atoms with E-state index in [1.165, 1.54) is 41.9 Å². The quantitative estimate of drug-likeness (QED) is 0.310. The summed E-state index contributed by atoms with van der Waals surface area (Å²) in [5.41, 5.74) is 1.89. The van der Waals surface area contributed by atoms with Crippen molar-refractivity contribution >= 4 is 43.7 Å². The Balaban J connectivity index is 1.75. The van der Waals surface area contributed by atoms with Crippen LogP contribution in [-0.4, -0.2) is 48.8 Å². The summed E-state index contributed by atoms with van der Waals surface area (Å²) >= 11 is 3.20. The van der Waals surface area contributed by atoms with Crippen molar-refractivity contribution in [2.45, 2.75) is 17.4 Å². The lowest BCUT2D eigenvalue weighted by Crippen LogP contribution is -2.47. The number of carbonyl (C=O) groups excluding carboxylic acids is 3. The molecule has 1 atom stereocenters. The Morgan fingerprint density at radius 2 is 1.59 bits per heavy atom. The molecule has 3 N–H and O–H groups in total. The van der Waals surface area contributed by atoms with Crippen molar-refractivity contribution in [1.29, 1.82) is 0 Å². The predicted octanol–water partition coefficient (Wildman–Crippen LogP) is 1.29. The standard InChI is InChI=1S/C18H16BrN3O6S/c19-11-5-7-12(8-6-11)29(27,28)21-15(16(23)20-26)9-10-22-17(24)13-3-1-2-4-14(13)18(22)25/h1-8,15,21,26H,9-10H2,(H,20,23)/t15-/m1/s1. The molecule has 1 aliphatic heterocycles. The number of rotatable bonds is 7. The molecule has 0 radical (unpaired) electrons. The topological polar surface area (TPSA) is 133 Å². The number of carbonyl (C=O) groups is 3. The monoisotopic (exact) mass is 481 g/mol. The molecule has 11 heteroatoms. The molecule has 0 unspecified atom stereocenters. The van der Waals surface area contributed by atoms with E-state index in [4.69, 9.17) is 5.21 Å². The van der Waals surface area contributed by atoms with Crippen molar-refractivity contribution in [2.75, 3.05) is 6.54 Å². The molecule has 0 saturated carbocycles. The van der Waals surface area contributed by atoms with Gasteiger partial charge in [0.25, 0.3) is 17.7 Å². The number of hydrogen-bond donors (Lipinski definition) is 3. The van der Waals surface area contributed by atoms with Crippen molar-refractivity contribution in [1.82, 2.24) is 15.1 Å². The Hall–Kier alpha value is -2.60. The molecule has 29 heavy (non-hydrogen) atoms. The molecule has 1 aliphatic rings. The maximum absolute atomic E-state index is 12.5. The van der Waals surface area contributed by atoms with Gasteiger partial charge in [-0.1, -0.05) is 28.1 Å². The van der Waals surface area contributed by atoms with E-state index >= 15 is 0 Å². The summed E-state index contributed by atoms with van der Waals surface area (Å²) in [4.78, 5) is 37.7. The van der Waals surface area contributed by atoms with Crippen LogP contribution in [-0.2, 0) is 14.8 Å². The minimum atomic E-state index is -4.09. The Bertz CT molecular complexity index is 1040. The molecule has 0 spiro atoms. The van der Waals surface area contributed by atoms with Gasteiger partial charge >= 0.3 is 0 Å². The summed E-state index contributed by atoms with van der Waals surface area (Å²) in [5, 5.41) is 8.96. The average Bonchev–Trinajstić information content (AvgIpc) is 2.95. The summed E-state index contributed by atoms with van der Waals surface area (Å²) in [7, 11) is -4.09. The molecule has 2 aromatic carbocycles. The van der Waals surface area contributed by atoms with Crippen LogP contribution in [0.2, 0.25) is 0 Å². The third-order valence-corrected chi connectivity index (χ3v) is 6.38. The van der Waals surface area contributed by atoms with Gasteiger partial charge in [-0.15, -0.1) is 0 Å². The normalized spacial score (nSPS) is 14.6. The van der Waals surface area contributed by atoms with Crippen molar-refractivity contribution in [2.24, 2.45) is 0 Å². The van der Waals surface area contributed by atoms with Crippen LogP contribution in [0.3, 0.4) is 0 Å². The highest BCUT2D eigenvalue weighted by atomic mass is 79.9. The fourth-order valence-electron chi connectivity index (χ4n) is 2.89. The number of halogens is 1. The molecule has 0 saturated heterocycles. The zero-order valence-electron chi connectivity index (χ0n) is 14.8. The van der Waals surface area contributed by atoms with Crippen LogP contribution in [0.5, 0.6) is 0 Å². The van der Waals surface area contributed by atoms with Crippen molar-refractivity contribution < 1.29 is 28.0 Å². The second kappa shape index (κ2) is 8.41. The average molecular weight is 482 g/mol. The van der Waals surface area contributed by atoms with E-state index in [1.807, 2.05) is 0 Å². The zero-order chi connectivity index (χ0) is 21.2. The van der Waals surface area contributed by atoms with Gasteiger partial charge < -0.3 is 0 Å². The van der Waals surface area contributed by atoms with E-state index in [1.54, 1.807) is 12.1 Å². The minimum Gasteiger partial charge on any atom is -0.289 e. The first-order valence-corrected chi connectivity index (χ1v) is 10.7. The van der Waals surface area contributed by atoms with Crippen molar-refractivity contribution in [3.63, 3.8) is 0 Å². The molecule has 0 fully saturated rings. The summed E-state index contributed by atoms with van der Waals surface area (Å²) in [6.45, 7) is -0.215. The predicted molar refractivity (Wildman–Crippen MR) is 105 cm³/mol. The summed E-state index contributed by atoms with van der Waals surface area (Å²) < 4.78 is 27.9. The zero-order valence-corrected chi connectivity index (χ0v) is 17.2. The lowest BCUT2D eigenvalue weighted by molar-refractivity contribution is -0.131. The first-order valence-electron chi connectivity index (χ1n) is 8.41. The molecule has 1 heterocycles. The number of imide groups is 1. The third-order valence-electron chi connectivity index (χ3n) is 4.37. The van der Waals surface area contributed by atoms with Crippen LogP contribution in [0, 0.1) is 0 Å². The van der Waals surface area contributed by atoms with Gasteiger partial charge in [0.2, 0.25) is 10.0 Å². The van der Waals surface area contributed by atoms with Gasteiger partial charge in [-0.2, -0.15) is 4.72 Å². The molecule has 3 rings (SSSR count). The summed E-state index contributed by atoms with van der Waals surface area (Å²) in [6, 6.07) is 10.6. The smallest absolute Gasteiger partial charge is 0.261 e. The van der Waals surface area contributed by atoms with E-state index in [2.05, 4.69) is 20.7 Å². The minimum absolute atomic E-state index is 0.0860. The molecule has 0 bridgehead atoms. The van der Waals surface area contributed by atoms with E-state index in [0.29, 0.717) is 4.47 Å². The van der Waals surface area contributed by atoms with Gasteiger partial charge in [0, 0.05) is 11.0 Å². The Morgan fingerprint density at radius 1 is 1.03 bits per heavy atom. The highest BCUT2D eigenvalue weighted by Gasteiger charge is 2.36. The van der Waals surface area contributed by atoms with Gasteiger partial charge in [-0.25, -0.2) is 13.9 Å². The second-order valence-corrected chi connectivity index (χ2v) is 8.83. The maximum Gasteiger partial charge on any atom is 0.261 e. The maximum atomic E-state index is 12.5. The van der Waals surface area contributed by atoms with Gasteiger partial charge in [-0.05, 0) is 42.8 Å². The summed E-state index contributed by atoms with van der Waals surface area (Å²) in [5.74, 6) is -2.06. The lowest BCUT2D eigenvalue weighted by Gasteiger charge is -2.20. The number of nitrogens with zero attached hydrogens (tertiary/aromatic N) is 1. The van der Waals surface area contributed by atoms with Crippen LogP contribution in [0.15, 0.2) is 57.9 Å². The SMILES string of the molecule is O=C(NO)[C@@H](CCN1C(=O)c2ccccc2C1=O)NS(=O)(=O)c1ccc(Br)cc1. The number of amides is 3. The van der Waals surface area contributed by atoms with E-state index in [-0.39, 0.29) is 29.0 Å². The molecular weight excluding hydrogens is 466 g/mol. The van der Waals surface area contributed by atoms with Gasteiger partial charge in [0.05, 0.1) is 16.0 Å². The number of hydroxylamine groups is 1. The molecule has 2 aromatic rings. The van der Waals surface area contributed by atoms with Gasteiger partial charge in [0.1, 0.15) is 6.04 Å². The highest BCUT2D eigenvalue weighted by Crippen LogP contribution is 2.23.